The van der Waals surface area contributed by atoms with Gasteiger partial charge in [-0.15, -0.1) is 0 Å². The van der Waals surface area contributed by atoms with Crippen molar-refractivity contribution in [2.45, 2.75) is 6.10 Å². The maximum absolute atomic E-state index is 10.9. The number of nitrogens with zero attached hydrogens (tertiary/aromatic N) is 4. The zero-order chi connectivity index (χ0) is 15.5. The zero-order valence-electron chi connectivity index (χ0n) is 12.1. The van der Waals surface area contributed by atoms with Gasteiger partial charge >= 0.3 is 6.09 Å². The van der Waals surface area contributed by atoms with Gasteiger partial charge in [0.2, 0.25) is 0 Å². The van der Waals surface area contributed by atoms with E-state index in [2.05, 4.69) is 9.97 Å². The van der Waals surface area contributed by atoms with Crippen LogP contribution in [0, 0.1) is 0 Å². The molecular formula is C15H18N4O3. The lowest BCUT2D eigenvalue weighted by Gasteiger charge is -2.33. The van der Waals surface area contributed by atoms with Crippen molar-refractivity contribution in [3.63, 3.8) is 0 Å². The van der Waals surface area contributed by atoms with E-state index in [1.807, 2.05) is 29.2 Å². The topological polar surface area (TPSA) is 89.8 Å². The van der Waals surface area contributed by atoms with Gasteiger partial charge in [0.1, 0.15) is 6.10 Å². The van der Waals surface area contributed by atoms with E-state index >= 15 is 0 Å². The summed E-state index contributed by atoms with van der Waals surface area (Å²) in [6.07, 6.45) is -0.0189. The van der Waals surface area contributed by atoms with E-state index < -0.39 is 12.2 Å². The monoisotopic (exact) mass is 302 g/mol. The van der Waals surface area contributed by atoms with Gasteiger partial charge in [0.05, 0.1) is 22.9 Å². The van der Waals surface area contributed by atoms with Crippen molar-refractivity contribution in [1.82, 2.24) is 19.8 Å². The molecule has 0 saturated carbocycles. The Bertz CT molecular complexity index is 671. The maximum atomic E-state index is 10.9. The van der Waals surface area contributed by atoms with Gasteiger partial charge in [0, 0.05) is 32.7 Å². The number of piperazine rings is 1. The summed E-state index contributed by atoms with van der Waals surface area (Å²) in [6.45, 7) is 2.59. The van der Waals surface area contributed by atoms with Gasteiger partial charge in [0.15, 0.2) is 0 Å². The second kappa shape index (κ2) is 6.25. The van der Waals surface area contributed by atoms with Gasteiger partial charge in [-0.05, 0) is 12.1 Å². The van der Waals surface area contributed by atoms with Gasteiger partial charge in [-0.2, -0.15) is 0 Å². The summed E-state index contributed by atoms with van der Waals surface area (Å²) in [5.41, 5.74) is 2.10. The molecule has 0 radical (unpaired) electrons. The van der Waals surface area contributed by atoms with E-state index in [4.69, 9.17) is 5.11 Å². The molecule has 2 heterocycles. The molecule has 3 rings (SSSR count). The summed E-state index contributed by atoms with van der Waals surface area (Å²) in [4.78, 5) is 23.0. The number of aliphatic hydroxyl groups is 1. The number of hydrogen-bond donors (Lipinski definition) is 2. The second-order valence-corrected chi connectivity index (χ2v) is 5.37. The molecule has 1 aromatic carbocycles. The number of para-hydroxylation sites is 2. The first-order valence-electron chi connectivity index (χ1n) is 7.23. The number of fused-ring (bicyclic) bond motifs is 1. The summed E-state index contributed by atoms with van der Waals surface area (Å²) in [5.74, 6) is 0. The quantitative estimate of drug-likeness (QED) is 0.877. The van der Waals surface area contributed by atoms with Crippen LogP contribution < -0.4 is 0 Å². The summed E-state index contributed by atoms with van der Waals surface area (Å²) in [6, 6.07) is 7.53. The predicted octanol–water partition coefficient (Wildman–Crippen LogP) is 0.959. The number of aliphatic hydroxyl groups excluding tert-OH is 1. The summed E-state index contributed by atoms with van der Waals surface area (Å²) >= 11 is 0. The van der Waals surface area contributed by atoms with Crippen molar-refractivity contribution in [1.29, 1.82) is 0 Å². The smallest absolute Gasteiger partial charge is 0.407 e. The SMILES string of the molecule is O=C(O)N1CCN(CC(O)c2cnc3ccccc3n2)CC1. The van der Waals surface area contributed by atoms with E-state index in [1.165, 1.54) is 4.90 Å². The first kappa shape index (κ1) is 14.7. The highest BCUT2D eigenvalue weighted by atomic mass is 16.4. The number of aromatic nitrogens is 2. The highest BCUT2D eigenvalue weighted by molar-refractivity contribution is 5.73. The lowest BCUT2D eigenvalue weighted by Crippen LogP contribution is -2.49. The van der Waals surface area contributed by atoms with Crippen LogP contribution in [-0.2, 0) is 0 Å². The summed E-state index contributed by atoms with van der Waals surface area (Å²) in [7, 11) is 0. The van der Waals surface area contributed by atoms with Gasteiger partial charge < -0.3 is 15.1 Å². The molecule has 1 aliphatic heterocycles. The van der Waals surface area contributed by atoms with E-state index in [0.717, 1.165) is 11.0 Å². The maximum Gasteiger partial charge on any atom is 0.407 e. The third kappa shape index (κ3) is 3.15. The van der Waals surface area contributed by atoms with Crippen LogP contribution in [0.5, 0.6) is 0 Å². The Morgan fingerprint density at radius 3 is 2.55 bits per heavy atom. The lowest BCUT2D eigenvalue weighted by molar-refractivity contribution is 0.0680. The van der Waals surface area contributed by atoms with Crippen LogP contribution in [0.4, 0.5) is 4.79 Å². The minimum Gasteiger partial charge on any atom is -0.465 e. The van der Waals surface area contributed by atoms with E-state index in [-0.39, 0.29) is 0 Å². The summed E-state index contributed by atoms with van der Waals surface area (Å²) < 4.78 is 0. The molecule has 1 atom stereocenters. The molecule has 1 amide bonds. The van der Waals surface area contributed by atoms with Crippen LogP contribution in [0.1, 0.15) is 11.8 Å². The van der Waals surface area contributed by atoms with Crippen molar-refractivity contribution in [2.75, 3.05) is 32.7 Å². The Morgan fingerprint density at radius 1 is 1.18 bits per heavy atom. The highest BCUT2D eigenvalue weighted by Gasteiger charge is 2.23. The fourth-order valence-electron chi connectivity index (χ4n) is 2.59. The van der Waals surface area contributed by atoms with Crippen LogP contribution in [0.25, 0.3) is 11.0 Å². The predicted molar refractivity (Wildman–Crippen MR) is 80.5 cm³/mol. The Hall–Kier alpha value is -2.25. The molecule has 116 valence electrons. The number of rotatable bonds is 3. The fourth-order valence-corrected chi connectivity index (χ4v) is 2.59. The molecule has 2 aromatic rings. The molecule has 22 heavy (non-hydrogen) atoms. The molecule has 1 fully saturated rings. The van der Waals surface area contributed by atoms with Crippen LogP contribution in [0.3, 0.4) is 0 Å². The molecule has 1 aliphatic rings. The number of carbonyl (C=O) groups is 1. The van der Waals surface area contributed by atoms with Crippen LogP contribution >= 0.6 is 0 Å². The number of β-amino-alcohol motifs (C(OH)–C–C–N with tert-alkyl or cyclic N) is 1. The van der Waals surface area contributed by atoms with Crippen molar-refractivity contribution < 1.29 is 15.0 Å². The van der Waals surface area contributed by atoms with Crippen LogP contribution in [0.15, 0.2) is 30.5 Å². The average molecular weight is 302 g/mol. The third-order valence-electron chi connectivity index (χ3n) is 3.88. The van der Waals surface area contributed by atoms with Crippen molar-refractivity contribution in [3.05, 3.63) is 36.2 Å². The van der Waals surface area contributed by atoms with E-state index in [9.17, 15) is 9.90 Å². The minimum absolute atomic E-state index is 0.431. The van der Waals surface area contributed by atoms with Crippen molar-refractivity contribution in [3.8, 4) is 0 Å². The molecule has 0 spiro atoms. The third-order valence-corrected chi connectivity index (χ3v) is 3.88. The Balaban J connectivity index is 1.63. The van der Waals surface area contributed by atoms with Crippen LogP contribution in [-0.4, -0.2) is 68.8 Å². The highest BCUT2D eigenvalue weighted by Crippen LogP contribution is 2.16. The number of carboxylic acid groups (broad SMARTS) is 1. The molecule has 0 bridgehead atoms. The second-order valence-electron chi connectivity index (χ2n) is 5.37. The first-order valence-corrected chi connectivity index (χ1v) is 7.23. The van der Waals surface area contributed by atoms with Gasteiger partial charge in [-0.25, -0.2) is 9.78 Å². The molecule has 1 aromatic heterocycles. The molecule has 0 aliphatic carbocycles. The zero-order valence-corrected chi connectivity index (χ0v) is 12.1. The van der Waals surface area contributed by atoms with E-state index in [0.29, 0.717) is 38.4 Å². The first-order chi connectivity index (χ1) is 10.6. The standard InChI is InChI=1S/C15H18N4O3/c20-14(10-18-5-7-19(8-6-18)15(21)22)13-9-16-11-3-1-2-4-12(11)17-13/h1-4,9,14,20H,5-8,10H2,(H,21,22). The van der Waals surface area contributed by atoms with Crippen molar-refractivity contribution >= 4 is 17.1 Å². The van der Waals surface area contributed by atoms with E-state index in [1.54, 1.807) is 6.20 Å². The molecule has 2 N–H and O–H groups in total. The van der Waals surface area contributed by atoms with Gasteiger partial charge in [-0.3, -0.25) is 9.88 Å². The minimum atomic E-state index is -0.888. The number of amides is 1. The van der Waals surface area contributed by atoms with Crippen LogP contribution in [0.2, 0.25) is 0 Å². The summed E-state index contributed by atoms with van der Waals surface area (Å²) in [5, 5.41) is 19.3. The molecule has 1 saturated heterocycles. The lowest BCUT2D eigenvalue weighted by atomic mass is 10.2. The molecule has 7 nitrogen and oxygen atoms in total. The number of benzene rings is 1. The Labute approximate surface area is 127 Å². The Morgan fingerprint density at radius 2 is 1.86 bits per heavy atom. The van der Waals surface area contributed by atoms with Gasteiger partial charge in [-0.1, -0.05) is 12.1 Å². The molecule has 1 unspecified atom stereocenters. The van der Waals surface area contributed by atoms with Gasteiger partial charge in [0.25, 0.3) is 0 Å². The average Bonchev–Trinajstić information content (AvgIpc) is 2.55. The van der Waals surface area contributed by atoms with Crippen molar-refractivity contribution in [2.24, 2.45) is 0 Å². The number of hydrogen-bond acceptors (Lipinski definition) is 5. The largest absolute Gasteiger partial charge is 0.465 e. The fraction of sp³-hybridized carbons (Fsp3) is 0.400. The molecule has 7 heteroatoms. The molecular weight excluding hydrogens is 284 g/mol. The normalized spacial score (nSPS) is 17.6. The Kier molecular flexibility index (Phi) is 4.17.